The fraction of sp³-hybridized carbons (Fsp3) is 0.600. The summed E-state index contributed by atoms with van der Waals surface area (Å²) < 4.78 is 2.35. The summed E-state index contributed by atoms with van der Waals surface area (Å²) in [5.41, 5.74) is 2.42. The van der Waals surface area contributed by atoms with E-state index in [4.69, 9.17) is 16.6 Å². The average Bonchev–Trinajstić information content (AvgIpc) is 2.71. The number of nitrogens with zero attached hydrogens (tertiary/aromatic N) is 4. The summed E-state index contributed by atoms with van der Waals surface area (Å²) in [5.74, 6) is 1.68. The molecule has 1 saturated carbocycles. The van der Waals surface area contributed by atoms with E-state index in [0.29, 0.717) is 5.88 Å². The number of alkyl halides is 1. The van der Waals surface area contributed by atoms with Gasteiger partial charge in [-0.3, -0.25) is 4.98 Å². The first kappa shape index (κ1) is 13.8. The molecular weight excluding hydrogens is 272 g/mol. The van der Waals surface area contributed by atoms with Crippen LogP contribution in [0.25, 0.3) is 11.0 Å². The highest BCUT2D eigenvalue weighted by Gasteiger charge is 2.40. The van der Waals surface area contributed by atoms with Crippen LogP contribution in [0.4, 0.5) is 0 Å². The van der Waals surface area contributed by atoms with Crippen LogP contribution >= 0.6 is 11.6 Å². The average molecular weight is 293 g/mol. The van der Waals surface area contributed by atoms with Gasteiger partial charge < -0.3 is 9.47 Å². The molecule has 1 aliphatic rings. The molecule has 3 rings (SSSR count). The van der Waals surface area contributed by atoms with Crippen molar-refractivity contribution in [3.05, 3.63) is 24.3 Å². The van der Waals surface area contributed by atoms with E-state index in [0.717, 1.165) is 24.3 Å². The predicted molar refractivity (Wildman–Crippen MR) is 82.2 cm³/mol. The Bertz CT molecular complexity index is 601. The number of fused-ring (bicyclic) bond motifs is 1. The highest BCUT2D eigenvalue weighted by atomic mass is 35.5. The Morgan fingerprint density at radius 3 is 2.80 bits per heavy atom. The molecule has 0 aromatic carbocycles. The van der Waals surface area contributed by atoms with Crippen LogP contribution in [0, 0.1) is 0 Å². The molecule has 4 nitrogen and oxygen atoms in total. The number of pyridine rings is 1. The van der Waals surface area contributed by atoms with E-state index < -0.39 is 0 Å². The van der Waals surface area contributed by atoms with Gasteiger partial charge in [0.15, 0.2) is 0 Å². The van der Waals surface area contributed by atoms with Gasteiger partial charge in [0.05, 0.1) is 11.7 Å². The molecule has 0 amide bonds. The van der Waals surface area contributed by atoms with E-state index in [9.17, 15) is 0 Å². The number of hydrogen-bond donors (Lipinski definition) is 0. The van der Waals surface area contributed by atoms with Crippen LogP contribution < -0.4 is 0 Å². The standard InChI is InChI=1S/C15H21ClN4/c1-19(2)15(6-3-7-15)11-20-13-5-9-17-10-12(13)18-14(20)4-8-16/h5,9-10H,3-4,6-8,11H2,1-2H3. The van der Waals surface area contributed by atoms with Crippen LogP contribution in [0.2, 0.25) is 0 Å². The van der Waals surface area contributed by atoms with Crippen LogP contribution in [0.1, 0.15) is 25.1 Å². The maximum atomic E-state index is 5.94. The Kier molecular flexibility index (Phi) is 3.69. The summed E-state index contributed by atoms with van der Waals surface area (Å²) in [6.07, 6.45) is 8.31. The van der Waals surface area contributed by atoms with E-state index in [-0.39, 0.29) is 5.54 Å². The summed E-state index contributed by atoms with van der Waals surface area (Å²) in [5, 5.41) is 0. The van der Waals surface area contributed by atoms with Crippen LogP contribution in [0.15, 0.2) is 18.5 Å². The lowest BCUT2D eigenvalue weighted by Crippen LogP contribution is -2.53. The SMILES string of the molecule is CN(C)C1(Cn2c(CCCl)nc3cnccc32)CCC1. The maximum Gasteiger partial charge on any atom is 0.111 e. The van der Waals surface area contributed by atoms with E-state index in [1.165, 1.54) is 24.8 Å². The third kappa shape index (κ3) is 2.21. The molecule has 2 aromatic rings. The van der Waals surface area contributed by atoms with Crippen LogP contribution in [-0.2, 0) is 13.0 Å². The number of rotatable bonds is 5. The first-order valence-corrected chi connectivity index (χ1v) is 7.72. The first-order chi connectivity index (χ1) is 9.66. The van der Waals surface area contributed by atoms with Gasteiger partial charge in [0, 0.05) is 30.6 Å². The first-order valence-electron chi connectivity index (χ1n) is 7.19. The van der Waals surface area contributed by atoms with Crippen molar-refractivity contribution in [1.29, 1.82) is 0 Å². The van der Waals surface area contributed by atoms with Gasteiger partial charge in [0.1, 0.15) is 11.3 Å². The molecule has 108 valence electrons. The zero-order valence-electron chi connectivity index (χ0n) is 12.1. The third-order valence-corrected chi connectivity index (χ3v) is 4.82. The molecule has 0 aliphatic heterocycles. The minimum absolute atomic E-state index is 0.276. The zero-order chi connectivity index (χ0) is 14.2. The van der Waals surface area contributed by atoms with Crippen molar-refractivity contribution < 1.29 is 0 Å². The minimum Gasteiger partial charge on any atom is -0.326 e. The summed E-state index contributed by atoms with van der Waals surface area (Å²) in [6.45, 7) is 0.993. The van der Waals surface area contributed by atoms with Crippen LogP contribution in [-0.4, -0.2) is 44.9 Å². The van der Waals surface area contributed by atoms with Crippen molar-refractivity contribution >= 4 is 22.6 Å². The number of aryl methyl sites for hydroxylation is 1. The van der Waals surface area contributed by atoms with Crippen molar-refractivity contribution in [2.75, 3.05) is 20.0 Å². The minimum atomic E-state index is 0.276. The maximum absolute atomic E-state index is 5.94. The quantitative estimate of drug-likeness (QED) is 0.795. The second-order valence-electron chi connectivity index (χ2n) is 5.89. The molecule has 0 unspecified atom stereocenters. The molecule has 1 aliphatic carbocycles. The topological polar surface area (TPSA) is 34.0 Å². The van der Waals surface area contributed by atoms with Gasteiger partial charge in [-0.2, -0.15) is 0 Å². The molecule has 1 fully saturated rings. The molecule has 0 bridgehead atoms. The van der Waals surface area contributed by atoms with Crippen molar-refractivity contribution in [2.24, 2.45) is 0 Å². The predicted octanol–water partition coefficient (Wildman–Crippen LogP) is 2.70. The lowest BCUT2D eigenvalue weighted by Gasteiger charge is -2.47. The third-order valence-electron chi connectivity index (χ3n) is 4.63. The molecule has 0 N–H and O–H groups in total. The largest absolute Gasteiger partial charge is 0.326 e. The number of halogens is 1. The summed E-state index contributed by atoms with van der Waals surface area (Å²) in [4.78, 5) is 11.2. The Morgan fingerprint density at radius 2 is 2.20 bits per heavy atom. The van der Waals surface area contributed by atoms with E-state index in [1.54, 1.807) is 0 Å². The number of hydrogen-bond acceptors (Lipinski definition) is 3. The second kappa shape index (κ2) is 5.34. The summed E-state index contributed by atoms with van der Waals surface area (Å²) in [6, 6.07) is 2.06. The molecule has 2 aromatic heterocycles. The highest BCUT2D eigenvalue weighted by molar-refractivity contribution is 6.17. The normalized spacial score (nSPS) is 17.6. The highest BCUT2D eigenvalue weighted by Crippen LogP contribution is 2.38. The molecular formula is C15H21ClN4. The van der Waals surface area contributed by atoms with Gasteiger partial charge in [0.25, 0.3) is 0 Å². The van der Waals surface area contributed by atoms with Crippen LogP contribution in [0.5, 0.6) is 0 Å². The van der Waals surface area contributed by atoms with Gasteiger partial charge in [-0.1, -0.05) is 0 Å². The molecule has 0 spiro atoms. The van der Waals surface area contributed by atoms with Gasteiger partial charge in [-0.15, -0.1) is 11.6 Å². The number of imidazole rings is 1. The smallest absolute Gasteiger partial charge is 0.111 e. The van der Waals surface area contributed by atoms with Gasteiger partial charge in [-0.05, 0) is 39.4 Å². The molecule has 0 radical (unpaired) electrons. The Morgan fingerprint density at radius 1 is 1.40 bits per heavy atom. The number of aromatic nitrogens is 3. The summed E-state index contributed by atoms with van der Waals surface area (Å²) in [7, 11) is 4.36. The van der Waals surface area contributed by atoms with Crippen molar-refractivity contribution in [3.8, 4) is 0 Å². The van der Waals surface area contributed by atoms with Crippen LogP contribution in [0.3, 0.4) is 0 Å². The second-order valence-corrected chi connectivity index (χ2v) is 6.27. The Hall–Kier alpha value is -1.13. The fourth-order valence-electron chi connectivity index (χ4n) is 3.11. The Balaban J connectivity index is 2.02. The van der Waals surface area contributed by atoms with E-state index in [1.807, 2.05) is 12.4 Å². The van der Waals surface area contributed by atoms with Gasteiger partial charge >= 0.3 is 0 Å². The number of likely N-dealkylation sites (N-methyl/N-ethyl adjacent to an activating group) is 1. The lowest BCUT2D eigenvalue weighted by atomic mass is 9.75. The van der Waals surface area contributed by atoms with Gasteiger partial charge in [0.2, 0.25) is 0 Å². The molecule has 0 atom stereocenters. The van der Waals surface area contributed by atoms with Crippen molar-refractivity contribution in [3.63, 3.8) is 0 Å². The Labute approximate surface area is 124 Å². The molecule has 20 heavy (non-hydrogen) atoms. The molecule has 5 heteroatoms. The molecule has 0 saturated heterocycles. The van der Waals surface area contributed by atoms with E-state index >= 15 is 0 Å². The fourth-order valence-corrected chi connectivity index (χ4v) is 3.28. The lowest BCUT2D eigenvalue weighted by molar-refractivity contribution is 0.0428. The monoisotopic (exact) mass is 292 g/mol. The zero-order valence-corrected chi connectivity index (χ0v) is 12.9. The van der Waals surface area contributed by atoms with Crippen molar-refractivity contribution in [1.82, 2.24) is 19.4 Å². The van der Waals surface area contributed by atoms with E-state index in [2.05, 4.69) is 34.6 Å². The van der Waals surface area contributed by atoms with Crippen molar-refractivity contribution in [2.45, 2.75) is 37.8 Å². The molecule has 2 heterocycles. The van der Waals surface area contributed by atoms with Gasteiger partial charge in [-0.25, -0.2) is 4.98 Å². The summed E-state index contributed by atoms with van der Waals surface area (Å²) >= 11 is 5.94.